The summed E-state index contributed by atoms with van der Waals surface area (Å²) in [5.74, 6) is 1.90. The van der Waals surface area contributed by atoms with Crippen LogP contribution in [-0.2, 0) is 0 Å². The number of rotatable bonds is 8. The first kappa shape index (κ1) is 22.1. The number of hydrogen-bond acceptors (Lipinski definition) is 6. The molecule has 0 aliphatic heterocycles. The topological polar surface area (TPSA) is 73.1 Å². The van der Waals surface area contributed by atoms with E-state index in [1.165, 1.54) is 11.8 Å². The van der Waals surface area contributed by atoms with Crippen molar-refractivity contribution in [2.45, 2.75) is 18.2 Å². The maximum Gasteiger partial charge on any atom is 0.196 e. The lowest BCUT2D eigenvalue weighted by molar-refractivity contribution is 0.126. The Balaban J connectivity index is 1.32. The summed E-state index contributed by atoms with van der Waals surface area (Å²) in [4.78, 5) is 4.11. The number of pyridine rings is 1. The molecular weight excluding hydrogens is 444 g/mol. The third-order valence-corrected chi connectivity index (χ3v) is 6.57. The van der Waals surface area contributed by atoms with Crippen LogP contribution in [0.3, 0.4) is 0 Å². The van der Waals surface area contributed by atoms with Crippen LogP contribution < -0.4 is 4.74 Å². The Morgan fingerprint density at radius 1 is 0.912 bits per heavy atom. The minimum absolute atomic E-state index is 0.195. The minimum atomic E-state index is -0.664. The largest absolute Gasteiger partial charge is 0.491 e. The van der Waals surface area contributed by atoms with Crippen molar-refractivity contribution in [2.75, 3.05) is 12.4 Å². The Morgan fingerprint density at radius 2 is 1.68 bits per heavy atom. The number of aliphatic hydroxyl groups excluding tert-OH is 1. The van der Waals surface area contributed by atoms with Gasteiger partial charge in [-0.3, -0.25) is 9.55 Å². The molecule has 1 unspecified atom stereocenters. The number of aromatic nitrogens is 4. The highest BCUT2D eigenvalue weighted by molar-refractivity contribution is 7.99. The molecule has 0 saturated heterocycles. The average Bonchev–Trinajstić information content (AvgIpc) is 3.30. The van der Waals surface area contributed by atoms with Gasteiger partial charge in [-0.05, 0) is 53.6 Å². The molecule has 170 valence electrons. The summed E-state index contributed by atoms with van der Waals surface area (Å²) in [5.41, 5.74) is 3.04. The van der Waals surface area contributed by atoms with Crippen LogP contribution in [0.2, 0.25) is 0 Å². The molecule has 34 heavy (non-hydrogen) atoms. The molecule has 0 spiro atoms. The number of hydrogen-bond donors (Lipinski definition) is 1. The van der Waals surface area contributed by atoms with Crippen molar-refractivity contribution in [3.63, 3.8) is 0 Å². The lowest BCUT2D eigenvalue weighted by atomic mass is 10.1. The van der Waals surface area contributed by atoms with E-state index in [1.807, 2.05) is 71.3 Å². The van der Waals surface area contributed by atoms with Crippen molar-refractivity contribution in [3.05, 3.63) is 96.8 Å². The molecule has 0 aliphatic carbocycles. The number of fused-ring (bicyclic) bond motifs is 1. The maximum atomic E-state index is 10.6. The van der Waals surface area contributed by atoms with Gasteiger partial charge >= 0.3 is 0 Å². The molecule has 3 aromatic carbocycles. The number of aryl methyl sites for hydroxylation is 1. The second kappa shape index (κ2) is 10.1. The zero-order valence-corrected chi connectivity index (χ0v) is 19.5. The van der Waals surface area contributed by atoms with E-state index in [2.05, 4.69) is 34.2 Å². The van der Waals surface area contributed by atoms with E-state index in [0.717, 1.165) is 39.2 Å². The summed E-state index contributed by atoms with van der Waals surface area (Å²) in [6.45, 7) is 2.26. The first-order valence-electron chi connectivity index (χ1n) is 11.0. The van der Waals surface area contributed by atoms with Crippen LogP contribution in [0.1, 0.15) is 5.56 Å². The summed E-state index contributed by atoms with van der Waals surface area (Å²) in [7, 11) is 0. The number of benzene rings is 3. The van der Waals surface area contributed by atoms with Crippen LogP contribution in [0.25, 0.3) is 27.8 Å². The van der Waals surface area contributed by atoms with Gasteiger partial charge in [0.05, 0.1) is 11.8 Å². The quantitative estimate of drug-likeness (QED) is 0.311. The number of thioether (sulfide) groups is 1. The van der Waals surface area contributed by atoms with Crippen LogP contribution in [0.5, 0.6) is 5.75 Å². The van der Waals surface area contributed by atoms with Gasteiger partial charge in [-0.1, -0.05) is 60.3 Å². The maximum absolute atomic E-state index is 10.6. The first-order valence-corrected chi connectivity index (χ1v) is 12.0. The Morgan fingerprint density at radius 3 is 2.50 bits per heavy atom. The molecule has 6 nitrogen and oxygen atoms in total. The van der Waals surface area contributed by atoms with Gasteiger partial charge in [0.15, 0.2) is 11.0 Å². The molecule has 1 atom stereocenters. The lowest BCUT2D eigenvalue weighted by Crippen LogP contribution is -2.20. The van der Waals surface area contributed by atoms with Crippen LogP contribution in [0.4, 0.5) is 0 Å². The van der Waals surface area contributed by atoms with E-state index >= 15 is 0 Å². The monoisotopic (exact) mass is 468 g/mol. The first-order chi connectivity index (χ1) is 16.7. The van der Waals surface area contributed by atoms with E-state index < -0.39 is 6.10 Å². The SMILES string of the molecule is Cc1ccccc1-n1c(SCC(O)COc2ccc3ccccc3c2)nnc1-c1ccncc1. The van der Waals surface area contributed by atoms with Crippen molar-refractivity contribution in [1.82, 2.24) is 19.7 Å². The molecule has 5 rings (SSSR count). The molecule has 2 heterocycles. The van der Waals surface area contributed by atoms with Crippen molar-refractivity contribution in [3.8, 4) is 22.8 Å². The van der Waals surface area contributed by atoms with Crippen molar-refractivity contribution in [2.24, 2.45) is 0 Å². The number of ether oxygens (including phenoxy) is 1. The Kier molecular flexibility index (Phi) is 6.56. The standard InChI is InChI=1S/C27H24N4O2S/c1-19-6-2-5-9-25(19)31-26(21-12-14-28-15-13-21)29-30-27(31)34-18-23(32)17-33-24-11-10-20-7-3-4-8-22(20)16-24/h2-16,23,32H,17-18H2,1H3. The number of nitrogens with zero attached hydrogens (tertiary/aromatic N) is 4. The van der Waals surface area contributed by atoms with Gasteiger partial charge in [-0.15, -0.1) is 10.2 Å². The molecule has 0 bridgehead atoms. The van der Waals surface area contributed by atoms with Gasteiger partial charge < -0.3 is 9.84 Å². The summed E-state index contributed by atoms with van der Waals surface area (Å²) in [6.07, 6.45) is 2.82. The highest BCUT2D eigenvalue weighted by Gasteiger charge is 2.18. The van der Waals surface area contributed by atoms with Gasteiger partial charge in [0, 0.05) is 23.7 Å². The van der Waals surface area contributed by atoms with E-state index in [9.17, 15) is 5.11 Å². The van der Waals surface area contributed by atoms with Gasteiger partial charge in [0.1, 0.15) is 12.4 Å². The summed E-state index contributed by atoms with van der Waals surface area (Å²) in [5, 5.41) is 22.5. The van der Waals surface area contributed by atoms with Crippen molar-refractivity contribution < 1.29 is 9.84 Å². The molecule has 0 saturated carbocycles. The smallest absolute Gasteiger partial charge is 0.196 e. The highest BCUT2D eigenvalue weighted by atomic mass is 32.2. The molecular formula is C27H24N4O2S. The van der Waals surface area contributed by atoms with Crippen LogP contribution in [-0.4, -0.2) is 43.3 Å². The molecule has 0 amide bonds. The van der Waals surface area contributed by atoms with Crippen LogP contribution >= 0.6 is 11.8 Å². The summed E-state index contributed by atoms with van der Waals surface area (Å²) >= 11 is 1.46. The normalized spacial score (nSPS) is 12.1. The van der Waals surface area contributed by atoms with Crippen LogP contribution in [0, 0.1) is 6.92 Å². The molecule has 0 radical (unpaired) electrons. The van der Waals surface area contributed by atoms with Crippen molar-refractivity contribution >= 4 is 22.5 Å². The third kappa shape index (κ3) is 4.81. The summed E-state index contributed by atoms with van der Waals surface area (Å²) in [6, 6.07) is 26.0. The van der Waals surface area contributed by atoms with Gasteiger partial charge in [-0.2, -0.15) is 0 Å². The van der Waals surface area contributed by atoms with E-state index in [4.69, 9.17) is 4.74 Å². The minimum Gasteiger partial charge on any atom is -0.491 e. The number of aliphatic hydroxyl groups is 1. The molecule has 0 fully saturated rings. The average molecular weight is 469 g/mol. The molecule has 2 aromatic heterocycles. The predicted molar refractivity (Wildman–Crippen MR) is 136 cm³/mol. The van der Waals surface area contributed by atoms with Crippen molar-refractivity contribution in [1.29, 1.82) is 0 Å². The zero-order chi connectivity index (χ0) is 23.3. The lowest BCUT2D eigenvalue weighted by Gasteiger charge is -2.15. The fourth-order valence-electron chi connectivity index (χ4n) is 3.75. The third-order valence-electron chi connectivity index (χ3n) is 5.50. The molecule has 7 heteroatoms. The Bertz CT molecular complexity index is 1400. The Hall–Kier alpha value is -3.68. The highest BCUT2D eigenvalue weighted by Crippen LogP contribution is 2.29. The predicted octanol–water partition coefficient (Wildman–Crippen LogP) is 5.32. The fraction of sp³-hybridized carbons (Fsp3) is 0.148. The van der Waals surface area contributed by atoms with E-state index in [-0.39, 0.29) is 6.61 Å². The number of para-hydroxylation sites is 1. The molecule has 0 aliphatic rings. The fourth-order valence-corrected chi connectivity index (χ4v) is 4.60. The zero-order valence-electron chi connectivity index (χ0n) is 18.7. The van der Waals surface area contributed by atoms with Crippen LogP contribution in [0.15, 0.2) is 96.4 Å². The Labute approximate surface area is 202 Å². The van der Waals surface area contributed by atoms with Gasteiger partial charge in [-0.25, -0.2) is 0 Å². The second-order valence-corrected chi connectivity index (χ2v) is 8.94. The van der Waals surface area contributed by atoms with Gasteiger partial charge in [0.25, 0.3) is 0 Å². The molecule has 5 aromatic rings. The molecule has 1 N–H and O–H groups in total. The second-order valence-electron chi connectivity index (χ2n) is 7.95. The van der Waals surface area contributed by atoms with E-state index in [0.29, 0.717) is 10.9 Å². The summed E-state index contributed by atoms with van der Waals surface area (Å²) < 4.78 is 7.89. The van der Waals surface area contributed by atoms with Gasteiger partial charge in [0.2, 0.25) is 0 Å². The van der Waals surface area contributed by atoms with E-state index in [1.54, 1.807) is 12.4 Å².